The van der Waals surface area contributed by atoms with Crippen LogP contribution in [0.1, 0.15) is 37.3 Å². The van der Waals surface area contributed by atoms with Gasteiger partial charge in [-0.15, -0.1) is 0 Å². The predicted molar refractivity (Wildman–Crippen MR) is 113 cm³/mol. The third-order valence-corrected chi connectivity index (χ3v) is 6.18. The second-order valence-corrected chi connectivity index (χ2v) is 7.95. The van der Waals surface area contributed by atoms with Gasteiger partial charge in [0.25, 0.3) is 0 Å². The largest absolute Gasteiger partial charge is 0.393 e. The minimum Gasteiger partial charge on any atom is -0.393 e. The van der Waals surface area contributed by atoms with E-state index in [-0.39, 0.29) is 11.9 Å². The van der Waals surface area contributed by atoms with Gasteiger partial charge in [-0.1, -0.05) is 18.2 Å². The average Bonchev–Trinajstić information content (AvgIpc) is 2.73. The summed E-state index contributed by atoms with van der Waals surface area (Å²) in [6, 6.07) is 13.2. The number of aliphatic hydroxyl groups excluding tert-OH is 1. The van der Waals surface area contributed by atoms with E-state index < -0.39 is 0 Å². The molecule has 2 aromatic carbocycles. The van der Waals surface area contributed by atoms with Gasteiger partial charge in [0.05, 0.1) is 6.10 Å². The van der Waals surface area contributed by atoms with Gasteiger partial charge in [-0.3, -0.25) is 0 Å². The fourth-order valence-corrected chi connectivity index (χ4v) is 4.55. The van der Waals surface area contributed by atoms with E-state index in [4.69, 9.17) is 0 Å². The molecule has 3 nitrogen and oxygen atoms in total. The quantitative estimate of drug-likeness (QED) is 0.791. The molecule has 0 unspecified atom stereocenters. The summed E-state index contributed by atoms with van der Waals surface area (Å²) in [6.45, 7) is 4.04. The summed E-state index contributed by atoms with van der Waals surface area (Å²) in [4.78, 5) is 2.34. The molecule has 0 radical (unpaired) electrons. The van der Waals surface area contributed by atoms with Crippen LogP contribution in [0.25, 0.3) is 0 Å². The highest BCUT2D eigenvalue weighted by molar-refractivity contribution is 5.59. The fraction of sp³-hybridized carbons (Fsp3) is 0.417. The van der Waals surface area contributed by atoms with Crippen molar-refractivity contribution < 1.29 is 9.50 Å². The number of anilines is 2. The van der Waals surface area contributed by atoms with Gasteiger partial charge in [0, 0.05) is 42.5 Å². The predicted octanol–water partition coefficient (Wildman–Crippen LogP) is 4.91. The van der Waals surface area contributed by atoms with Gasteiger partial charge in [0.15, 0.2) is 0 Å². The van der Waals surface area contributed by atoms with Crippen LogP contribution in [0.15, 0.2) is 54.2 Å². The minimum atomic E-state index is -0.233. The number of nitrogens with zero attached hydrogens (tertiary/aromatic N) is 1. The summed E-state index contributed by atoms with van der Waals surface area (Å²) in [6.07, 6.45) is 6.64. The lowest BCUT2D eigenvalue weighted by atomic mass is 9.88. The molecule has 4 heteroatoms. The topological polar surface area (TPSA) is 35.5 Å². The fourth-order valence-electron chi connectivity index (χ4n) is 4.55. The van der Waals surface area contributed by atoms with Gasteiger partial charge in [-0.05, 0) is 74.1 Å². The molecule has 148 valence electrons. The third kappa shape index (κ3) is 4.07. The zero-order valence-electron chi connectivity index (χ0n) is 16.5. The molecule has 1 atom stereocenters. The van der Waals surface area contributed by atoms with E-state index in [0.717, 1.165) is 56.6 Å². The van der Waals surface area contributed by atoms with E-state index in [1.807, 2.05) is 12.1 Å². The Hall–Kier alpha value is -2.33. The highest BCUT2D eigenvalue weighted by Crippen LogP contribution is 2.33. The molecule has 4 rings (SSSR count). The molecule has 1 heterocycles. The number of halogens is 1. The Morgan fingerprint density at radius 2 is 1.86 bits per heavy atom. The summed E-state index contributed by atoms with van der Waals surface area (Å²) in [5, 5.41) is 13.8. The van der Waals surface area contributed by atoms with Crippen molar-refractivity contribution in [2.75, 3.05) is 23.3 Å². The van der Waals surface area contributed by atoms with Gasteiger partial charge in [-0.2, -0.15) is 0 Å². The maximum Gasteiger partial charge on any atom is 0.123 e. The Labute approximate surface area is 166 Å². The zero-order chi connectivity index (χ0) is 19.5. The monoisotopic (exact) mass is 380 g/mol. The second-order valence-electron chi connectivity index (χ2n) is 7.95. The summed E-state index contributed by atoms with van der Waals surface area (Å²) in [5.41, 5.74) is 6.14. The summed E-state index contributed by atoms with van der Waals surface area (Å²) < 4.78 is 13.2. The van der Waals surface area contributed by atoms with Crippen LogP contribution in [-0.4, -0.2) is 24.3 Å². The lowest BCUT2D eigenvalue weighted by molar-refractivity contribution is 0.159. The summed E-state index contributed by atoms with van der Waals surface area (Å²) >= 11 is 0. The van der Waals surface area contributed by atoms with Crippen LogP contribution >= 0.6 is 0 Å². The number of rotatable bonds is 4. The minimum absolute atomic E-state index is 0.185. The Bertz CT molecular complexity index is 838. The van der Waals surface area contributed by atoms with Gasteiger partial charge in [0.1, 0.15) is 5.82 Å². The number of benzene rings is 2. The van der Waals surface area contributed by atoms with Crippen molar-refractivity contribution >= 4 is 11.4 Å². The summed E-state index contributed by atoms with van der Waals surface area (Å²) in [7, 11) is 0. The molecule has 0 spiro atoms. The zero-order valence-corrected chi connectivity index (χ0v) is 16.5. The molecule has 0 saturated carbocycles. The molecule has 0 amide bonds. The smallest absolute Gasteiger partial charge is 0.123 e. The normalized spacial score (nSPS) is 20.8. The first-order valence-corrected chi connectivity index (χ1v) is 10.4. The van der Waals surface area contributed by atoms with Crippen molar-refractivity contribution in [2.45, 2.75) is 45.1 Å². The number of piperidine rings is 1. The molecule has 1 aliphatic heterocycles. The number of hydrogen-bond donors (Lipinski definition) is 2. The summed E-state index contributed by atoms with van der Waals surface area (Å²) in [5.74, 6) is 0.307. The molecule has 1 saturated heterocycles. The van der Waals surface area contributed by atoms with Gasteiger partial charge in [-0.25, -0.2) is 4.39 Å². The Balaban J connectivity index is 1.43. The van der Waals surface area contributed by atoms with Crippen molar-refractivity contribution in [2.24, 2.45) is 5.92 Å². The van der Waals surface area contributed by atoms with E-state index in [9.17, 15) is 9.50 Å². The average molecular weight is 381 g/mol. The number of fused-ring (bicyclic) bond motifs is 1. The lowest BCUT2D eigenvalue weighted by Gasteiger charge is -2.35. The number of aryl methyl sites for hydroxylation is 1. The highest BCUT2D eigenvalue weighted by Gasteiger charge is 2.24. The molecule has 1 aliphatic carbocycles. The second kappa shape index (κ2) is 8.36. The molecule has 2 aromatic rings. The van der Waals surface area contributed by atoms with Crippen LogP contribution < -0.4 is 10.2 Å². The highest BCUT2D eigenvalue weighted by atomic mass is 19.1. The molecule has 2 N–H and O–H groups in total. The third-order valence-electron chi connectivity index (χ3n) is 6.18. The van der Waals surface area contributed by atoms with E-state index >= 15 is 0 Å². The molecular weight excluding hydrogens is 351 g/mol. The number of nitrogens with one attached hydrogen (secondary N) is 1. The van der Waals surface area contributed by atoms with Crippen LogP contribution in [-0.2, 0) is 12.8 Å². The van der Waals surface area contributed by atoms with Crippen molar-refractivity contribution in [3.05, 3.63) is 71.2 Å². The van der Waals surface area contributed by atoms with Crippen molar-refractivity contribution in [3.63, 3.8) is 0 Å². The Morgan fingerprint density at radius 3 is 2.57 bits per heavy atom. The maximum atomic E-state index is 13.2. The van der Waals surface area contributed by atoms with Crippen LogP contribution in [0.4, 0.5) is 15.8 Å². The van der Waals surface area contributed by atoms with E-state index in [1.54, 1.807) is 0 Å². The molecule has 0 bridgehead atoms. The molecule has 0 aromatic heterocycles. The van der Waals surface area contributed by atoms with Gasteiger partial charge < -0.3 is 15.3 Å². The maximum absolute atomic E-state index is 13.2. The first-order valence-electron chi connectivity index (χ1n) is 10.4. The number of aliphatic hydroxyl groups is 1. The standard InChI is InChI=1S/C24H29FN2O/c1-2-23(26-24-5-3-4-17-6-11-21(28)16-22(17)24)18-12-14-27(15-13-18)20-9-7-19(25)8-10-20/h2-5,7-10,18,21,26,28H,6,11-16H2,1H3/b23-2+/t21-/m0/s1. The van der Waals surface area contributed by atoms with Crippen molar-refractivity contribution in [3.8, 4) is 0 Å². The molecular formula is C24H29FN2O. The van der Waals surface area contributed by atoms with E-state index in [2.05, 4.69) is 41.4 Å². The molecule has 28 heavy (non-hydrogen) atoms. The van der Waals surface area contributed by atoms with Crippen LogP contribution in [0, 0.1) is 11.7 Å². The Morgan fingerprint density at radius 1 is 1.11 bits per heavy atom. The van der Waals surface area contributed by atoms with Gasteiger partial charge >= 0.3 is 0 Å². The van der Waals surface area contributed by atoms with Crippen LogP contribution in [0.2, 0.25) is 0 Å². The molecule has 1 fully saturated rings. The molecule has 2 aliphatic rings. The lowest BCUT2D eigenvalue weighted by Crippen LogP contribution is -2.35. The van der Waals surface area contributed by atoms with Crippen LogP contribution in [0.3, 0.4) is 0 Å². The van der Waals surface area contributed by atoms with Crippen molar-refractivity contribution in [1.82, 2.24) is 0 Å². The van der Waals surface area contributed by atoms with Crippen LogP contribution in [0.5, 0.6) is 0 Å². The SMILES string of the molecule is C/C=C(/Nc1cccc2c1C[C@@H](O)CC2)C1CCN(c2ccc(F)cc2)CC1. The van der Waals surface area contributed by atoms with Gasteiger partial charge in [0.2, 0.25) is 0 Å². The Kier molecular flexibility index (Phi) is 5.67. The van der Waals surface area contributed by atoms with Crippen molar-refractivity contribution in [1.29, 1.82) is 0 Å². The number of hydrogen-bond acceptors (Lipinski definition) is 3. The first kappa shape index (κ1) is 19.0. The van der Waals surface area contributed by atoms with E-state index in [1.165, 1.54) is 29.0 Å². The number of allylic oxidation sites excluding steroid dienone is 2. The first-order chi connectivity index (χ1) is 13.6. The van der Waals surface area contributed by atoms with E-state index in [0.29, 0.717) is 5.92 Å².